The quantitative estimate of drug-likeness (QED) is 0.527. The summed E-state index contributed by atoms with van der Waals surface area (Å²) < 4.78 is 5.04. The molecule has 0 aromatic heterocycles. The summed E-state index contributed by atoms with van der Waals surface area (Å²) in [6.45, 7) is 2.68. The topological polar surface area (TPSA) is 70.6 Å². The first kappa shape index (κ1) is 16.0. The van der Waals surface area contributed by atoms with Crippen LogP contribution >= 0.6 is 0 Å². The number of rotatable bonds is 7. The van der Waals surface area contributed by atoms with Crippen LogP contribution in [-0.2, 0) is 0 Å². The number of urea groups is 1. The van der Waals surface area contributed by atoms with Crippen LogP contribution in [0.1, 0.15) is 25.0 Å². The number of carbonyl (C=O) groups excluding carboxylic acids is 1. The molecule has 0 aliphatic rings. The average molecular weight is 278 g/mol. The van der Waals surface area contributed by atoms with Crippen molar-refractivity contribution in [2.24, 2.45) is 0 Å². The highest BCUT2D eigenvalue weighted by Gasteiger charge is 2.09. The fourth-order valence-electron chi connectivity index (χ4n) is 1.63. The molecule has 0 aliphatic heterocycles. The van der Waals surface area contributed by atoms with E-state index < -0.39 is 6.10 Å². The molecule has 0 radical (unpaired) electrons. The van der Waals surface area contributed by atoms with Gasteiger partial charge in [-0.25, -0.2) is 4.79 Å². The highest BCUT2D eigenvalue weighted by Crippen LogP contribution is 2.16. The maximum Gasteiger partial charge on any atom is 0.314 e. The smallest absolute Gasteiger partial charge is 0.314 e. The second-order valence-electron chi connectivity index (χ2n) is 4.28. The van der Waals surface area contributed by atoms with Crippen molar-refractivity contribution in [1.82, 2.24) is 10.6 Å². The first-order chi connectivity index (χ1) is 9.67. The lowest BCUT2D eigenvalue weighted by Gasteiger charge is -2.13. The molecule has 0 bridgehead atoms. The molecule has 1 atom stereocenters. The van der Waals surface area contributed by atoms with Gasteiger partial charge in [-0.15, -0.1) is 0 Å². The number of aliphatic hydroxyl groups excluding tert-OH is 1. The molecular formula is C15H22N2O3. The van der Waals surface area contributed by atoms with Gasteiger partial charge in [0.15, 0.2) is 0 Å². The number of nitrogens with one attached hydrogen (secondary N) is 2. The third-order valence-electron chi connectivity index (χ3n) is 2.79. The lowest BCUT2D eigenvalue weighted by Crippen LogP contribution is -2.38. The average Bonchev–Trinajstić information content (AvgIpc) is 2.49. The van der Waals surface area contributed by atoms with Gasteiger partial charge in [-0.05, 0) is 31.0 Å². The zero-order valence-corrected chi connectivity index (χ0v) is 11.9. The lowest BCUT2D eigenvalue weighted by atomic mass is 10.1. The number of hydrogen-bond donors (Lipinski definition) is 3. The highest BCUT2D eigenvalue weighted by atomic mass is 16.5. The number of methoxy groups -OCH3 is 1. The van der Waals surface area contributed by atoms with Crippen LogP contribution in [-0.4, -0.2) is 31.3 Å². The molecule has 110 valence electrons. The van der Waals surface area contributed by atoms with Gasteiger partial charge in [-0.2, -0.15) is 0 Å². The monoisotopic (exact) mass is 278 g/mol. The van der Waals surface area contributed by atoms with E-state index in [2.05, 4.69) is 10.6 Å². The summed E-state index contributed by atoms with van der Waals surface area (Å²) >= 11 is 0. The Morgan fingerprint density at radius 1 is 1.35 bits per heavy atom. The molecule has 0 saturated heterocycles. The number of allylic oxidation sites excluding steroid dienone is 1. The van der Waals surface area contributed by atoms with Gasteiger partial charge in [0, 0.05) is 13.1 Å². The van der Waals surface area contributed by atoms with E-state index in [0.717, 1.165) is 17.7 Å². The molecule has 0 fully saturated rings. The fraction of sp³-hybridized carbons (Fsp3) is 0.400. The summed E-state index contributed by atoms with van der Waals surface area (Å²) in [6, 6.07) is 6.82. The van der Waals surface area contributed by atoms with Crippen molar-refractivity contribution in [3.8, 4) is 5.75 Å². The molecule has 2 amide bonds. The second kappa shape index (κ2) is 8.98. The largest absolute Gasteiger partial charge is 0.497 e. The SMILES string of the molecule is CC=CCCNC(=O)NCC(O)c1ccc(OC)cc1. The third kappa shape index (κ3) is 5.75. The summed E-state index contributed by atoms with van der Waals surface area (Å²) in [7, 11) is 1.59. The minimum atomic E-state index is -0.734. The molecular weight excluding hydrogens is 256 g/mol. The van der Waals surface area contributed by atoms with Gasteiger partial charge in [-0.1, -0.05) is 24.3 Å². The van der Waals surface area contributed by atoms with Crippen molar-refractivity contribution >= 4 is 6.03 Å². The molecule has 1 aromatic rings. The Balaban J connectivity index is 2.30. The molecule has 1 unspecified atom stereocenters. The van der Waals surface area contributed by atoms with Crippen LogP contribution in [0.4, 0.5) is 4.79 Å². The zero-order chi connectivity index (χ0) is 14.8. The Morgan fingerprint density at radius 2 is 2.05 bits per heavy atom. The molecule has 5 nitrogen and oxygen atoms in total. The first-order valence-corrected chi connectivity index (χ1v) is 6.62. The number of ether oxygens (including phenoxy) is 1. The normalized spacial score (nSPS) is 12.2. The molecule has 0 heterocycles. The number of carbonyl (C=O) groups is 1. The van der Waals surface area contributed by atoms with Crippen LogP contribution < -0.4 is 15.4 Å². The highest BCUT2D eigenvalue weighted by molar-refractivity contribution is 5.73. The maximum absolute atomic E-state index is 11.5. The molecule has 0 saturated carbocycles. The van der Waals surface area contributed by atoms with E-state index in [-0.39, 0.29) is 12.6 Å². The summed E-state index contributed by atoms with van der Waals surface area (Å²) in [4.78, 5) is 11.5. The van der Waals surface area contributed by atoms with Crippen molar-refractivity contribution in [2.75, 3.05) is 20.2 Å². The number of amides is 2. The Labute approximate surface area is 119 Å². The third-order valence-corrected chi connectivity index (χ3v) is 2.79. The maximum atomic E-state index is 11.5. The van der Waals surface area contributed by atoms with Crippen molar-refractivity contribution < 1.29 is 14.6 Å². The number of hydrogen-bond acceptors (Lipinski definition) is 3. The van der Waals surface area contributed by atoms with Gasteiger partial charge in [0.1, 0.15) is 5.75 Å². The van der Waals surface area contributed by atoms with Crippen LogP contribution in [0.3, 0.4) is 0 Å². The Bertz CT molecular complexity index is 429. The number of aliphatic hydroxyl groups is 1. The van der Waals surface area contributed by atoms with Gasteiger partial charge in [0.2, 0.25) is 0 Å². The van der Waals surface area contributed by atoms with Crippen LogP contribution in [0.15, 0.2) is 36.4 Å². The van der Waals surface area contributed by atoms with E-state index in [4.69, 9.17) is 4.74 Å². The summed E-state index contributed by atoms with van der Waals surface area (Å²) in [5.74, 6) is 0.732. The molecule has 1 rings (SSSR count). The van der Waals surface area contributed by atoms with E-state index in [1.807, 2.05) is 19.1 Å². The van der Waals surface area contributed by atoms with Gasteiger partial charge in [0.05, 0.1) is 13.2 Å². The van der Waals surface area contributed by atoms with Gasteiger partial charge in [-0.3, -0.25) is 0 Å². The molecule has 1 aromatic carbocycles. The van der Waals surface area contributed by atoms with Gasteiger partial charge >= 0.3 is 6.03 Å². The summed E-state index contributed by atoms with van der Waals surface area (Å²) in [6.07, 6.45) is 3.98. The second-order valence-corrected chi connectivity index (χ2v) is 4.28. The molecule has 0 spiro atoms. The Hall–Kier alpha value is -2.01. The molecule has 5 heteroatoms. The first-order valence-electron chi connectivity index (χ1n) is 6.62. The fourth-order valence-corrected chi connectivity index (χ4v) is 1.63. The summed E-state index contributed by atoms with van der Waals surface area (Å²) in [5.41, 5.74) is 0.736. The minimum absolute atomic E-state index is 0.168. The van der Waals surface area contributed by atoms with Crippen LogP contribution in [0.2, 0.25) is 0 Å². The number of benzene rings is 1. The van der Waals surface area contributed by atoms with E-state index in [9.17, 15) is 9.90 Å². The predicted molar refractivity (Wildman–Crippen MR) is 78.8 cm³/mol. The summed E-state index contributed by atoms with van der Waals surface area (Å²) in [5, 5.41) is 15.3. The Kier molecular flexibility index (Phi) is 7.21. The standard InChI is InChI=1S/C15H22N2O3/c1-3-4-5-10-16-15(19)17-11-14(18)12-6-8-13(20-2)9-7-12/h3-4,6-9,14,18H,5,10-11H2,1-2H3,(H2,16,17,19). The molecule has 0 aliphatic carbocycles. The van der Waals surface area contributed by atoms with Gasteiger partial charge in [0.25, 0.3) is 0 Å². The predicted octanol–water partition coefficient (Wildman–Crippen LogP) is 1.99. The van der Waals surface area contributed by atoms with E-state index in [1.165, 1.54) is 0 Å². The van der Waals surface area contributed by atoms with Crippen LogP contribution in [0, 0.1) is 0 Å². The van der Waals surface area contributed by atoms with Crippen molar-refractivity contribution in [1.29, 1.82) is 0 Å². The zero-order valence-electron chi connectivity index (χ0n) is 11.9. The van der Waals surface area contributed by atoms with Crippen molar-refractivity contribution in [2.45, 2.75) is 19.4 Å². The molecule has 20 heavy (non-hydrogen) atoms. The van der Waals surface area contributed by atoms with E-state index in [1.54, 1.807) is 31.4 Å². The van der Waals surface area contributed by atoms with Crippen LogP contribution in [0.25, 0.3) is 0 Å². The lowest BCUT2D eigenvalue weighted by molar-refractivity contribution is 0.173. The van der Waals surface area contributed by atoms with Crippen molar-refractivity contribution in [3.05, 3.63) is 42.0 Å². The Morgan fingerprint density at radius 3 is 2.65 bits per heavy atom. The molecule has 3 N–H and O–H groups in total. The van der Waals surface area contributed by atoms with E-state index >= 15 is 0 Å². The van der Waals surface area contributed by atoms with Crippen LogP contribution in [0.5, 0.6) is 5.75 Å². The van der Waals surface area contributed by atoms with E-state index in [0.29, 0.717) is 6.54 Å². The van der Waals surface area contributed by atoms with Crippen molar-refractivity contribution in [3.63, 3.8) is 0 Å². The van der Waals surface area contributed by atoms with Gasteiger partial charge < -0.3 is 20.5 Å². The minimum Gasteiger partial charge on any atom is -0.497 e.